The molecular weight excluding hydrogens is 206 g/mol. The molecule has 0 aromatic heterocycles. The number of carboxylic acid groups (broad SMARTS) is 1. The Balaban J connectivity index is 2.38. The molecule has 0 radical (unpaired) electrons. The molecule has 4 nitrogen and oxygen atoms in total. The van der Waals surface area contributed by atoms with Gasteiger partial charge in [0.05, 0.1) is 0 Å². The van der Waals surface area contributed by atoms with Crippen LogP contribution in [0.2, 0.25) is 0 Å². The van der Waals surface area contributed by atoms with Gasteiger partial charge in [-0.2, -0.15) is 0 Å². The van der Waals surface area contributed by atoms with E-state index in [0.717, 1.165) is 11.1 Å². The maximum Gasteiger partial charge on any atom is 0.316 e. The highest BCUT2D eigenvalue weighted by Crippen LogP contribution is 2.30. The Morgan fingerprint density at radius 2 is 2.12 bits per heavy atom. The molecule has 0 unspecified atom stereocenters. The van der Waals surface area contributed by atoms with Gasteiger partial charge in [0, 0.05) is 12.5 Å². The van der Waals surface area contributed by atoms with Gasteiger partial charge in [0.15, 0.2) is 0 Å². The summed E-state index contributed by atoms with van der Waals surface area (Å²) in [4.78, 5) is 22.5. The van der Waals surface area contributed by atoms with E-state index in [1.807, 2.05) is 31.2 Å². The van der Waals surface area contributed by atoms with Crippen LogP contribution in [0.25, 0.3) is 0 Å². The maximum atomic E-state index is 11.4. The first-order valence-electron chi connectivity index (χ1n) is 5.17. The van der Waals surface area contributed by atoms with Gasteiger partial charge < -0.3 is 10.4 Å². The van der Waals surface area contributed by atoms with Crippen LogP contribution >= 0.6 is 0 Å². The summed E-state index contributed by atoms with van der Waals surface area (Å²) in [7, 11) is 0. The van der Waals surface area contributed by atoms with Crippen LogP contribution in [0.1, 0.15) is 17.0 Å². The second kappa shape index (κ2) is 3.96. The van der Waals surface area contributed by atoms with Crippen molar-refractivity contribution < 1.29 is 14.7 Å². The van der Waals surface area contributed by atoms with Gasteiger partial charge in [-0.1, -0.05) is 24.3 Å². The molecule has 1 aliphatic heterocycles. The smallest absolute Gasteiger partial charge is 0.316 e. The molecule has 1 fully saturated rings. The van der Waals surface area contributed by atoms with E-state index in [-0.39, 0.29) is 11.8 Å². The molecule has 4 heteroatoms. The Kier molecular flexibility index (Phi) is 2.64. The third kappa shape index (κ3) is 1.66. The van der Waals surface area contributed by atoms with Gasteiger partial charge in [-0.05, 0) is 18.1 Å². The van der Waals surface area contributed by atoms with Gasteiger partial charge in [-0.15, -0.1) is 0 Å². The SMILES string of the molecule is Cc1ccccc1[C@H]1CNC(=O)[C@@H]1C(=O)O. The molecule has 2 N–H and O–H groups in total. The van der Waals surface area contributed by atoms with Gasteiger partial charge in [0.2, 0.25) is 5.91 Å². The Labute approximate surface area is 93.3 Å². The minimum absolute atomic E-state index is 0.258. The zero-order valence-electron chi connectivity index (χ0n) is 8.93. The van der Waals surface area contributed by atoms with Gasteiger partial charge >= 0.3 is 5.97 Å². The average Bonchev–Trinajstić information content (AvgIpc) is 2.61. The van der Waals surface area contributed by atoms with Crippen LogP contribution in [0.3, 0.4) is 0 Å². The maximum absolute atomic E-state index is 11.4. The number of amides is 1. The fraction of sp³-hybridized carbons (Fsp3) is 0.333. The van der Waals surface area contributed by atoms with E-state index in [9.17, 15) is 9.59 Å². The Morgan fingerprint density at radius 3 is 2.75 bits per heavy atom. The Morgan fingerprint density at radius 1 is 1.44 bits per heavy atom. The van der Waals surface area contributed by atoms with E-state index in [4.69, 9.17) is 5.11 Å². The van der Waals surface area contributed by atoms with Crippen LogP contribution in [-0.4, -0.2) is 23.5 Å². The summed E-state index contributed by atoms with van der Waals surface area (Å²) in [5.41, 5.74) is 1.96. The number of hydrogen-bond donors (Lipinski definition) is 2. The highest BCUT2D eigenvalue weighted by atomic mass is 16.4. The van der Waals surface area contributed by atoms with E-state index >= 15 is 0 Å². The molecule has 1 amide bonds. The van der Waals surface area contributed by atoms with Crippen LogP contribution in [0.15, 0.2) is 24.3 Å². The number of carbonyl (C=O) groups is 2. The van der Waals surface area contributed by atoms with Crippen molar-refractivity contribution in [2.24, 2.45) is 5.92 Å². The summed E-state index contributed by atoms with van der Waals surface area (Å²) in [6.07, 6.45) is 0. The molecule has 0 spiro atoms. The van der Waals surface area contributed by atoms with E-state index < -0.39 is 11.9 Å². The average molecular weight is 219 g/mol. The number of nitrogens with one attached hydrogen (secondary N) is 1. The quantitative estimate of drug-likeness (QED) is 0.726. The molecule has 0 bridgehead atoms. The number of rotatable bonds is 2. The number of aliphatic carboxylic acids is 1. The summed E-state index contributed by atoms with van der Waals surface area (Å²) in [5.74, 6) is -2.66. The molecule has 2 rings (SSSR count). The zero-order valence-corrected chi connectivity index (χ0v) is 8.93. The van der Waals surface area contributed by atoms with Crippen LogP contribution < -0.4 is 5.32 Å². The van der Waals surface area contributed by atoms with Crippen molar-refractivity contribution in [3.05, 3.63) is 35.4 Å². The summed E-state index contributed by atoms with van der Waals surface area (Å²) >= 11 is 0. The lowest BCUT2D eigenvalue weighted by atomic mass is 9.86. The standard InChI is InChI=1S/C12H13NO3/c1-7-4-2-3-5-8(7)9-6-13-11(14)10(9)12(15)16/h2-5,9-10H,6H2,1H3,(H,13,14)(H,15,16)/t9-,10-/m1/s1. The normalized spacial score (nSPS) is 24.2. The monoisotopic (exact) mass is 219 g/mol. The number of hydrogen-bond acceptors (Lipinski definition) is 2. The van der Waals surface area contributed by atoms with Crippen molar-refractivity contribution in [3.63, 3.8) is 0 Å². The van der Waals surface area contributed by atoms with Gasteiger partial charge in [0.25, 0.3) is 0 Å². The van der Waals surface area contributed by atoms with Crippen molar-refractivity contribution in [3.8, 4) is 0 Å². The lowest BCUT2D eigenvalue weighted by Gasteiger charge is -2.15. The Bertz CT molecular complexity index is 442. The minimum Gasteiger partial charge on any atom is -0.481 e. The van der Waals surface area contributed by atoms with Gasteiger partial charge in [0.1, 0.15) is 5.92 Å². The fourth-order valence-corrected chi connectivity index (χ4v) is 2.20. The summed E-state index contributed by atoms with van der Waals surface area (Å²) in [5, 5.41) is 11.7. The van der Waals surface area contributed by atoms with Crippen molar-refractivity contribution in [1.82, 2.24) is 5.32 Å². The minimum atomic E-state index is -1.05. The predicted octanol–water partition coefficient (Wildman–Crippen LogP) is 0.909. The van der Waals surface area contributed by atoms with Crippen LogP contribution in [-0.2, 0) is 9.59 Å². The highest BCUT2D eigenvalue weighted by molar-refractivity contribution is 5.99. The molecule has 2 atom stereocenters. The molecule has 0 aliphatic carbocycles. The van der Waals surface area contributed by atoms with Crippen molar-refractivity contribution in [2.75, 3.05) is 6.54 Å². The molecule has 0 saturated carbocycles. The number of carboxylic acids is 1. The van der Waals surface area contributed by atoms with Crippen LogP contribution in [0.5, 0.6) is 0 Å². The van der Waals surface area contributed by atoms with Gasteiger partial charge in [-0.25, -0.2) is 0 Å². The molecule has 1 aliphatic rings. The summed E-state index contributed by atoms with van der Waals surface area (Å²) in [6.45, 7) is 2.33. The first-order chi connectivity index (χ1) is 7.61. The second-order valence-electron chi connectivity index (χ2n) is 4.02. The lowest BCUT2D eigenvalue weighted by molar-refractivity contribution is -0.145. The molecule has 84 valence electrons. The van der Waals surface area contributed by atoms with Crippen molar-refractivity contribution in [2.45, 2.75) is 12.8 Å². The van der Waals surface area contributed by atoms with E-state index in [2.05, 4.69) is 5.32 Å². The second-order valence-corrected chi connectivity index (χ2v) is 4.02. The predicted molar refractivity (Wildman–Crippen MR) is 58.1 cm³/mol. The number of benzene rings is 1. The molecule has 16 heavy (non-hydrogen) atoms. The molecule has 1 aromatic rings. The zero-order chi connectivity index (χ0) is 11.7. The molecule has 1 aromatic carbocycles. The molecule has 1 saturated heterocycles. The van der Waals surface area contributed by atoms with E-state index in [1.165, 1.54) is 0 Å². The topological polar surface area (TPSA) is 66.4 Å². The lowest BCUT2D eigenvalue weighted by Crippen LogP contribution is -2.26. The number of aryl methyl sites for hydroxylation is 1. The summed E-state index contributed by atoms with van der Waals surface area (Å²) < 4.78 is 0. The first-order valence-corrected chi connectivity index (χ1v) is 5.17. The third-order valence-corrected chi connectivity index (χ3v) is 3.04. The third-order valence-electron chi connectivity index (χ3n) is 3.04. The summed E-state index contributed by atoms with van der Waals surface area (Å²) in [6, 6.07) is 7.58. The van der Waals surface area contributed by atoms with E-state index in [1.54, 1.807) is 0 Å². The van der Waals surface area contributed by atoms with Crippen LogP contribution in [0.4, 0.5) is 0 Å². The highest BCUT2D eigenvalue weighted by Gasteiger charge is 2.41. The fourth-order valence-electron chi connectivity index (χ4n) is 2.20. The Hall–Kier alpha value is -1.84. The van der Waals surface area contributed by atoms with Crippen LogP contribution in [0, 0.1) is 12.8 Å². The largest absolute Gasteiger partial charge is 0.481 e. The molecule has 1 heterocycles. The number of carbonyl (C=O) groups excluding carboxylic acids is 1. The van der Waals surface area contributed by atoms with Crippen molar-refractivity contribution >= 4 is 11.9 Å². The molecular formula is C12H13NO3. The van der Waals surface area contributed by atoms with Crippen molar-refractivity contribution in [1.29, 1.82) is 0 Å². The van der Waals surface area contributed by atoms with E-state index in [0.29, 0.717) is 6.54 Å². The van der Waals surface area contributed by atoms with Gasteiger partial charge in [-0.3, -0.25) is 9.59 Å². The first kappa shape index (κ1) is 10.7.